The highest BCUT2D eigenvalue weighted by molar-refractivity contribution is 8.01. The zero-order chi connectivity index (χ0) is 29.4. The number of carbonyl (C=O) groups is 2. The van der Waals surface area contributed by atoms with E-state index in [-0.39, 0.29) is 22.6 Å². The van der Waals surface area contributed by atoms with Gasteiger partial charge in [-0.15, -0.1) is 23.5 Å². The first kappa shape index (κ1) is 28.2. The zero-order valence-corrected chi connectivity index (χ0v) is 25.9. The fourth-order valence-corrected chi connectivity index (χ4v) is 7.76. The third kappa shape index (κ3) is 5.49. The number of rotatable bonds is 7. The molecule has 2 unspecified atom stereocenters. The Bertz CT molecular complexity index is 1450. The van der Waals surface area contributed by atoms with Crippen LogP contribution in [0.15, 0.2) is 97.1 Å². The number of hydrogen-bond acceptors (Lipinski definition) is 6. The van der Waals surface area contributed by atoms with E-state index < -0.39 is 0 Å². The Hall–Kier alpha value is -3.88. The molecule has 2 aliphatic heterocycles. The van der Waals surface area contributed by atoms with E-state index in [0.29, 0.717) is 11.5 Å². The third-order valence-corrected chi connectivity index (χ3v) is 10.2. The topological polar surface area (TPSA) is 47.1 Å². The molecule has 6 rings (SSSR count). The number of anilines is 4. The van der Waals surface area contributed by atoms with Crippen LogP contribution in [-0.2, 0) is 9.59 Å². The second-order valence-corrected chi connectivity index (χ2v) is 13.1. The molecular formula is C34H34N4O2S2. The Morgan fingerprint density at radius 1 is 0.524 bits per heavy atom. The largest absolute Gasteiger partial charge is 0.378 e. The van der Waals surface area contributed by atoms with Crippen LogP contribution >= 0.6 is 23.5 Å². The van der Waals surface area contributed by atoms with Gasteiger partial charge in [-0.05, 0) is 70.8 Å². The van der Waals surface area contributed by atoms with E-state index >= 15 is 0 Å². The summed E-state index contributed by atoms with van der Waals surface area (Å²) in [5.41, 5.74) is 8.44. The summed E-state index contributed by atoms with van der Waals surface area (Å²) in [6.45, 7) is 0. The number of benzene rings is 4. The molecule has 2 amide bonds. The minimum Gasteiger partial charge on any atom is -0.378 e. The van der Waals surface area contributed by atoms with Crippen LogP contribution in [0.3, 0.4) is 0 Å². The van der Waals surface area contributed by atoms with Crippen LogP contribution in [0, 0.1) is 0 Å². The van der Waals surface area contributed by atoms with Gasteiger partial charge in [0.15, 0.2) is 0 Å². The molecule has 0 N–H and O–H groups in total. The molecule has 0 spiro atoms. The van der Waals surface area contributed by atoms with Gasteiger partial charge in [-0.1, -0.05) is 48.5 Å². The lowest BCUT2D eigenvalue weighted by Crippen LogP contribution is -2.27. The van der Waals surface area contributed by atoms with E-state index in [4.69, 9.17) is 0 Å². The van der Waals surface area contributed by atoms with Gasteiger partial charge in [-0.2, -0.15) is 0 Å². The molecule has 0 saturated carbocycles. The van der Waals surface area contributed by atoms with E-state index in [1.807, 2.05) is 62.3 Å². The first-order chi connectivity index (χ1) is 20.3. The fraction of sp³-hybridized carbons (Fsp3) is 0.235. The molecule has 214 valence electrons. The van der Waals surface area contributed by atoms with Gasteiger partial charge >= 0.3 is 0 Å². The van der Waals surface area contributed by atoms with E-state index in [1.54, 1.807) is 23.5 Å². The molecule has 4 aromatic carbocycles. The minimum absolute atomic E-state index is 0.0401. The Morgan fingerprint density at radius 2 is 0.857 bits per heavy atom. The van der Waals surface area contributed by atoms with Gasteiger partial charge in [-0.3, -0.25) is 19.4 Å². The maximum absolute atomic E-state index is 12.9. The highest BCUT2D eigenvalue weighted by Gasteiger charge is 2.35. The smallest absolute Gasteiger partial charge is 0.238 e. The van der Waals surface area contributed by atoms with E-state index in [1.165, 1.54) is 0 Å². The van der Waals surface area contributed by atoms with Gasteiger partial charge in [0.05, 0.1) is 11.5 Å². The summed E-state index contributed by atoms with van der Waals surface area (Å²) in [5, 5.41) is -0.0801. The predicted molar refractivity (Wildman–Crippen MR) is 179 cm³/mol. The van der Waals surface area contributed by atoms with Crippen LogP contribution in [0.1, 0.15) is 21.9 Å². The van der Waals surface area contributed by atoms with Crippen LogP contribution in [-0.4, -0.2) is 51.5 Å². The average Bonchev–Trinajstić information content (AvgIpc) is 3.59. The Balaban J connectivity index is 1.19. The van der Waals surface area contributed by atoms with E-state index in [2.05, 4.69) is 82.6 Å². The Labute approximate surface area is 256 Å². The SMILES string of the molecule is CN(C)c1ccc(C2SCC(=O)N2c2ccc(-c3ccc(N4C(=O)CSC4c4ccc(N(C)C)cc4)cc3)cc2)cc1. The van der Waals surface area contributed by atoms with Crippen LogP contribution in [0.5, 0.6) is 0 Å². The van der Waals surface area contributed by atoms with Gasteiger partial charge in [0.1, 0.15) is 10.7 Å². The molecule has 2 heterocycles. The molecule has 2 fully saturated rings. The summed E-state index contributed by atoms with van der Waals surface area (Å²) >= 11 is 3.32. The van der Waals surface area contributed by atoms with Crippen molar-refractivity contribution in [1.29, 1.82) is 0 Å². The van der Waals surface area contributed by atoms with Crippen LogP contribution in [0.25, 0.3) is 11.1 Å². The number of thioether (sulfide) groups is 2. The predicted octanol–water partition coefficient (Wildman–Crippen LogP) is 7.04. The van der Waals surface area contributed by atoms with Crippen LogP contribution < -0.4 is 19.6 Å². The van der Waals surface area contributed by atoms with Gasteiger partial charge < -0.3 is 9.80 Å². The number of nitrogens with zero attached hydrogens (tertiary/aromatic N) is 4. The summed E-state index contributed by atoms with van der Waals surface area (Å²) in [7, 11) is 8.10. The first-order valence-corrected chi connectivity index (χ1v) is 16.0. The summed E-state index contributed by atoms with van der Waals surface area (Å²) in [5.74, 6) is 1.19. The van der Waals surface area contributed by atoms with Crippen molar-refractivity contribution in [3.8, 4) is 11.1 Å². The number of carbonyl (C=O) groups excluding carboxylic acids is 2. The first-order valence-electron chi connectivity index (χ1n) is 13.9. The fourth-order valence-electron chi connectivity index (χ4n) is 5.40. The quantitative estimate of drug-likeness (QED) is 0.229. The standard InChI is InChI=1S/C34H34N4O2S2/c1-35(2)27-13-9-25(10-14-27)33-37(31(39)21-41-33)29-17-5-23(6-18-29)24-7-19-30(20-8-24)38-32(40)22-42-34(38)26-11-15-28(16-12-26)36(3)4/h5-20,33-34H,21-22H2,1-4H3. The van der Waals surface area contributed by atoms with Gasteiger partial charge in [0.2, 0.25) is 11.8 Å². The molecule has 42 heavy (non-hydrogen) atoms. The van der Waals surface area contributed by atoms with E-state index in [9.17, 15) is 9.59 Å². The summed E-state index contributed by atoms with van der Waals surface area (Å²) in [6, 6.07) is 33.2. The maximum Gasteiger partial charge on any atom is 0.238 e. The summed E-state index contributed by atoms with van der Waals surface area (Å²) in [6.07, 6.45) is 0. The normalized spacial score (nSPS) is 18.6. The summed E-state index contributed by atoms with van der Waals surface area (Å²) < 4.78 is 0. The molecule has 0 aromatic heterocycles. The second-order valence-electron chi connectivity index (χ2n) is 10.9. The van der Waals surface area contributed by atoms with Gasteiger partial charge in [-0.25, -0.2) is 0 Å². The Morgan fingerprint density at radius 3 is 1.17 bits per heavy atom. The molecule has 2 saturated heterocycles. The average molecular weight is 595 g/mol. The van der Waals surface area contributed by atoms with E-state index in [0.717, 1.165) is 45.0 Å². The van der Waals surface area contributed by atoms with Crippen molar-refractivity contribution < 1.29 is 9.59 Å². The number of hydrogen-bond donors (Lipinski definition) is 0. The molecule has 0 aliphatic carbocycles. The van der Waals surface area contributed by atoms with Crippen molar-refractivity contribution in [2.45, 2.75) is 10.7 Å². The summed E-state index contributed by atoms with van der Waals surface area (Å²) in [4.78, 5) is 33.8. The Kier molecular flexibility index (Phi) is 7.92. The van der Waals surface area contributed by atoms with Crippen molar-refractivity contribution in [3.63, 3.8) is 0 Å². The van der Waals surface area contributed by atoms with Crippen molar-refractivity contribution in [2.24, 2.45) is 0 Å². The van der Waals surface area contributed by atoms with Crippen molar-refractivity contribution >= 4 is 58.1 Å². The molecule has 2 atom stereocenters. The lowest BCUT2D eigenvalue weighted by atomic mass is 10.0. The molecule has 4 aromatic rings. The van der Waals surface area contributed by atoms with Gasteiger partial charge in [0.25, 0.3) is 0 Å². The van der Waals surface area contributed by atoms with Crippen LogP contribution in [0.2, 0.25) is 0 Å². The zero-order valence-electron chi connectivity index (χ0n) is 24.2. The molecular weight excluding hydrogens is 561 g/mol. The molecule has 0 radical (unpaired) electrons. The van der Waals surface area contributed by atoms with Crippen molar-refractivity contribution in [3.05, 3.63) is 108 Å². The molecule has 8 heteroatoms. The van der Waals surface area contributed by atoms with Crippen molar-refractivity contribution in [1.82, 2.24) is 0 Å². The lowest BCUT2D eigenvalue weighted by Gasteiger charge is -2.25. The highest BCUT2D eigenvalue weighted by atomic mass is 32.2. The monoisotopic (exact) mass is 594 g/mol. The highest BCUT2D eigenvalue weighted by Crippen LogP contribution is 2.44. The van der Waals surface area contributed by atoms with Gasteiger partial charge in [0, 0.05) is 50.9 Å². The lowest BCUT2D eigenvalue weighted by molar-refractivity contribution is -0.116. The van der Waals surface area contributed by atoms with Crippen molar-refractivity contribution in [2.75, 3.05) is 59.3 Å². The van der Waals surface area contributed by atoms with Crippen LogP contribution in [0.4, 0.5) is 22.7 Å². The number of amides is 2. The molecule has 0 bridgehead atoms. The maximum atomic E-state index is 12.9. The molecule has 2 aliphatic rings. The molecule has 6 nitrogen and oxygen atoms in total. The second kappa shape index (κ2) is 11.8. The third-order valence-electron chi connectivity index (χ3n) is 7.75. The minimum atomic E-state index is -0.0401.